The van der Waals surface area contributed by atoms with Crippen molar-refractivity contribution in [2.24, 2.45) is 11.7 Å². The van der Waals surface area contributed by atoms with Crippen molar-refractivity contribution >= 4 is 11.9 Å². The van der Waals surface area contributed by atoms with Crippen LogP contribution in [0.1, 0.15) is 17.5 Å². The summed E-state index contributed by atoms with van der Waals surface area (Å²) in [5.74, 6) is -0.559. The number of primary amides is 1. The number of urea groups is 1. The summed E-state index contributed by atoms with van der Waals surface area (Å²) in [6.07, 6.45) is 0.644. The van der Waals surface area contributed by atoms with E-state index in [1.807, 2.05) is 18.2 Å². The van der Waals surface area contributed by atoms with E-state index >= 15 is 0 Å². The third kappa shape index (κ3) is 4.18. The van der Waals surface area contributed by atoms with Gasteiger partial charge in [0.15, 0.2) is 0 Å². The molecule has 0 spiro atoms. The molecule has 0 radical (unpaired) electrons. The topological polar surface area (TPSA) is 75.4 Å². The second-order valence-corrected chi connectivity index (χ2v) is 6.56. The summed E-state index contributed by atoms with van der Waals surface area (Å²) < 4.78 is 0. The fraction of sp³-hybridized carbons (Fsp3) is 0.300. The first-order valence-corrected chi connectivity index (χ1v) is 8.51. The number of nitrogens with two attached hydrogens (primary N) is 1. The van der Waals surface area contributed by atoms with Crippen LogP contribution in [-0.4, -0.2) is 29.9 Å². The maximum Gasteiger partial charge on any atom is 0.317 e. The fourth-order valence-electron chi connectivity index (χ4n) is 3.15. The van der Waals surface area contributed by atoms with E-state index in [1.165, 1.54) is 5.56 Å². The van der Waals surface area contributed by atoms with Gasteiger partial charge >= 0.3 is 6.03 Å². The summed E-state index contributed by atoms with van der Waals surface area (Å²) in [4.78, 5) is 25.1. The molecule has 1 atom stereocenters. The highest BCUT2D eigenvalue weighted by molar-refractivity contribution is 5.80. The molecule has 130 valence electrons. The SMILES string of the molecule is Cc1cccc(-c2cccc(CNC(=O)N3CCC(C(N)=O)C3)c2)c1. The molecule has 0 bridgehead atoms. The van der Waals surface area contributed by atoms with Gasteiger partial charge in [-0.1, -0.05) is 48.0 Å². The van der Waals surface area contributed by atoms with Gasteiger partial charge < -0.3 is 16.0 Å². The maximum atomic E-state index is 12.2. The minimum Gasteiger partial charge on any atom is -0.369 e. The monoisotopic (exact) mass is 337 g/mol. The Hall–Kier alpha value is -2.82. The van der Waals surface area contributed by atoms with Crippen molar-refractivity contribution in [2.45, 2.75) is 19.9 Å². The van der Waals surface area contributed by atoms with Crippen molar-refractivity contribution in [3.05, 3.63) is 59.7 Å². The molecular formula is C20H23N3O2. The fourth-order valence-corrected chi connectivity index (χ4v) is 3.15. The summed E-state index contributed by atoms with van der Waals surface area (Å²) in [7, 11) is 0. The van der Waals surface area contributed by atoms with E-state index in [2.05, 4.69) is 42.6 Å². The predicted octanol–water partition coefficient (Wildman–Crippen LogP) is 2.68. The van der Waals surface area contributed by atoms with Gasteiger partial charge in [0, 0.05) is 19.6 Å². The highest BCUT2D eigenvalue weighted by atomic mass is 16.2. The van der Waals surface area contributed by atoms with E-state index in [1.54, 1.807) is 4.90 Å². The average molecular weight is 337 g/mol. The molecule has 1 aliphatic rings. The molecule has 1 aliphatic heterocycles. The highest BCUT2D eigenvalue weighted by Crippen LogP contribution is 2.21. The van der Waals surface area contributed by atoms with Gasteiger partial charge in [-0.2, -0.15) is 0 Å². The van der Waals surface area contributed by atoms with Gasteiger partial charge in [-0.25, -0.2) is 4.79 Å². The van der Waals surface area contributed by atoms with Crippen LogP contribution in [0.15, 0.2) is 48.5 Å². The van der Waals surface area contributed by atoms with E-state index in [0.717, 1.165) is 16.7 Å². The lowest BCUT2D eigenvalue weighted by Gasteiger charge is -2.17. The molecule has 2 aromatic rings. The smallest absolute Gasteiger partial charge is 0.317 e. The first-order valence-electron chi connectivity index (χ1n) is 8.51. The van der Waals surface area contributed by atoms with Crippen LogP contribution >= 0.6 is 0 Å². The molecule has 0 aliphatic carbocycles. The number of hydrogen-bond donors (Lipinski definition) is 2. The molecule has 5 heteroatoms. The molecule has 3 N–H and O–H groups in total. The van der Waals surface area contributed by atoms with E-state index in [-0.39, 0.29) is 17.9 Å². The summed E-state index contributed by atoms with van der Waals surface area (Å²) in [5.41, 5.74) is 9.86. The number of rotatable bonds is 4. The Morgan fingerprint density at radius 2 is 1.88 bits per heavy atom. The number of carbonyl (C=O) groups excluding carboxylic acids is 2. The Morgan fingerprint density at radius 3 is 2.56 bits per heavy atom. The molecule has 0 saturated carbocycles. The number of carbonyl (C=O) groups is 2. The Kier molecular flexibility index (Phi) is 5.03. The van der Waals surface area contributed by atoms with Gasteiger partial charge in [-0.3, -0.25) is 4.79 Å². The van der Waals surface area contributed by atoms with Crippen LogP contribution in [0.3, 0.4) is 0 Å². The Balaban J connectivity index is 1.61. The van der Waals surface area contributed by atoms with Crippen LogP contribution in [0.5, 0.6) is 0 Å². The number of amides is 3. The zero-order valence-electron chi connectivity index (χ0n) is 14.4. The van der Waals surface area contributed by atoms with Crippen molar-refractivity contribution < 1.29 is 9.59 Å². The molecule has 2 aromatic carbocycles. The van der Waals surface area contributed by atoms with Crippen LogP contribution in [0, 0.1) is 12.8 Å². The second-order valence-electron chi connectivity index (χ2n) is 6.56. The molecule has 1 unspecified atom stereocenters. The Morgan fingerprint density at radius 1 is 1.16 bits per heavy atom. The normalized spacial score (nSPS) is 16.7. The van der Waals surface area contributed by atoms with E-state index in [0.29, 0.717) is 26.1 Å². The lowest BCUT2D eigenvalue weighted by molar-refractivity contribution is -0.121. The molecule has 0 aromatic heterocycles. The van der Waals surface area contributed by atoms with Crippen LogP contribution < -0.4 is 11.1 Å². The zero-order chi connectivity index (χ0) is 17.8. The number of nitrogens with one attached hydrogen (secondary N) is 1. The molecule has 3 rings (SSSR count). The number of aryl methyl sites for hydroxylation is 1. The molecular weight excluding hydrogens is 314 g/mol. The van der Waals surface area contributed by atoms with Crippen LogP contribution in [0.2, 0.25) is 0 Å². The van der Waals surface area contributed by atoms with Crippen LogP contribution in [0.4, 0.5) is 4.79 Å². The van der Waals surface area contributed by atoms with Crippen molar-refractivity contribution in [3.63, 3.8) is 0 Å². The molecule has 1 fully saturated rings. The minimum atomic E-state index is -0.332. The third-order valence-electron chi connectivity index (χ3n) is 4.60. The van der Waals surface area contributed by atoms with Crippen LogP contribution in [0.25, 0.3) is 11.1 Å². The van der Waals surface area contributed by atoms with Gasteiger partial charge in [-0.15, -0.1) is 0 Å². The second kappa shape index (κ2) is 7.38. The zero-order valence-corrected chi connectivity index (χ0v) is 14.4. The van der Waals surface area contributed by atoms with Crippen molar-refractivity contribution in [2.75, 3.05) is 13.1 Å². The standard InChI is InChI=1S/C20H23N3O2/c1-14-4-2-6-16(10-14)17-7-3-5-15(11-17)12-22-20(25)23-9-8-18(13-23)19(21)24/h2-7,10-11,18H,8-9,12-13H2,1H3,(H2,21,24)(H,22,25). The highest BCUT2D eigenvalue weighted by Gasteiger charge is 2.29. The first-order chi connectivity index (χ1) is 12.0. The molecule has 1 heterocycles. The number of likely N-dealkylation sites (tertiary alicyclic amines) is 1. The molecule has 3 amide bonds. The molecule has 1 saturated heterocycles. The quantitative estimate of drug-likeness (QED) is 0.900. The third-order valence-corrected chi connectivity index (χ3v) is 4.60. The summed E-state index contributed by atoms with van der Waals surface area (Å²) in [6, 6.07) is 16.3. The number of hydrogen-bond acceptors (Lipinski definition) is 2. The molecule has 25 heavy (non-hydrogen) atoms. The summed E-state index contributed by atoms with van der Waals surface area (Å²) >= 11 is 0. The Labute approximate surface area is 147 Å². The number of nitrogens with zero attached hydrogens (tertiary/aromatic N) is 1. The predicted molar refractivity (Wildman–Crippen MR) is 97.7 cm³/mol. The average Bonchev–Trinajstić information content (AvgIpc) is 3.10. The summed E-state index contributed by atoms with van der Waals surface area (Å²) in [6.45, 7) is 3.51. The van der Waals surface area contributed by atoms with Crippen molar-refractivity contribution in [1.82, 2.24) is 10.2 Å². The lowest BCUT2D eigenvalue weighted by Crippen LogP contribution is -2.39. The first kappa shape index (κ1) is 17.0. The maximum absolute atomic E-state index is 12.2. The van der Waals surface area contributed by atoms with Gasteiger partial charge in [0.1, 0.15) is 0 Å². The molecule has 5 nitrogen and oxygen atoms in total. The van der Waals surface area contributed by atoms with Crippen molar-refractivity contribution in [3.8, 4) is 11.1 Å². The Bertz CT molecular complexity index is 788. The van der Waals surface area contributed by atoms with Crippen LogP contribution in [-0.2, 0) is 11.3 Å². The van der Waals surface area contributed by atoms with Gasteiger partial charge in [0.25, 0.3) is 0 Å². The van der Waals surface area contributed by atoms with E-state index < -0.39 is 0 Å². The number of benzene rings is 2. The van der Waals surface area contributed by atoms with E-state index in [9.17, 15) is 9.59 Å². The summed E-state index contributed by atoms with van der Waals surface area (Å²) in [5, 5.41) is 2.93. The van der Waals surface area contributed by atoms with Crippen molar-refractivity contribution in [1.29, 1.82) is 0 Å². The largest absolute Gasteiger partial charge is 0.369 e. The van der Waals surface area contributed by atoms with E-state index in [4.69, 9.17) is 5.73 Å². The van der Waals surface area contributed by atoms with Gasteiger partial charge in [0.2, 0.25) is 5.91 Å². The minimum absolute atomic E-state index is 0.148. The lowest BCUT2D eigenvalue weighted by atomic mass is 10.0. The van der Waals surface area contributed by atoms with Gasteiger partial charge in [-0.05, 0) is 36.1 Å². The van der Waals surface area contributed by atoms with Gasteiger partial charge in [0.05, 0.1) is 5.92 Å².